The first-order valence-corrected chi connectivity index (χ1v) is 11.0. The molecule has 0 spiro atoms. The summed E-state index contributed by atoms with van der Waals surface area (Å²) in [6, 6.07) is 0. The average Bonchev–Trinajstić information content (AvgIpc) is 2.92. The van der Waals surface area contributed by atoms with Gasteiger partial charge in [-0.05, 0) is 74.2 Å². The molecule has 0 saturated heterocycles. The summed E-state index contributed by atoms with van der Waals surface area (Å²) in [5, 5.41) is 0.288. The van der Waals surface area contributed by atoms with Crippen LogP contribution in [0.5, 0.6) is 0 Å². The number of alkyl halides is 1. The van der Waals surface area contributed by atoms with E-state index in [1.54, 1.807) is 0 Å². The van der Waals surface area contributed by atoms with Gasteiger partial charge in [-0.15, -0.1) is 0 Å². The van der Waals surface area contributed by atoms with E-state index in [0.717, 1.165) is 38.0 Å². The third-order valence-corrected chi connectivity index (χ3v) is 8.72. The van der Waals surface area contributed by atoms with Gasteiger partial charge in [-0.25, -0.2) is 0 Å². The van der Waals surface area contributed by atoms with Gasteiger partial charge in [0.25, 0.3) is 0 Å². The molecule has 6 atom stereocenters. The molecule has 0 aliphatic heterocycles. The standard InChI is InChI=1S/C21H29BrO3/c1-20-9-7-14(23)11-13(20)3-4-15-16-5-6-18(25-19(24)12-22)21(16,2)10-8-17(15)20/h11,15-18H,3-10,12H2,1-2H3/t15-,16-,17+,18?,20-,21-/m0/s1. The van der Waals surface area contributed by atoms with Crippen LogP contribution in [0.4, 0.5) is 0 Å². The highest BCUT2D eigenvalue weighted by Crippen LogP contribution is 2.65. The summed E-state index contributed by atoms with van der Waals surface area (Å²) in [6.45, 7) is 4.78. The minimum absolute atomic E-state index is 0.0844. The quantitative estimate of drug-likeness (QED) is 0.485. The number of fused-ring (bicyclic) bond motifs is 5. The van der Waals surface area contributed by atoms with E-state index in [9.17, 15) is 9.59 Å². The molecule has 0 bridgehead atoms. The normalized spacial score (nSPS) is 45.9. The Hall–Kier alpha value is -0.640. The Morgan fingerprint density at radius 2 is 1.96 bits per heavy atom. The number of hydrogen-bond donors (Lipinski definition) is 0. The molecule has 0 aromatic heterocycles. The van der Waals surface area contributed by atoms with E-state index in [4.69, 9.17) is 4.74 Å². The molecule has 3 saturated carbocycles. The van der Waals surface area contributed by atoms with Gasteiger partial charge in [-0.3, -0.25) is 9.59 Å². The van der Waals surface area contributed by atoms with Gasteiger partial charge in [0.15, 0.2) is 5.78 Å². The van der Waals surface area contributed by atoms with Crippen molar-refractivity contribution in [3.05, 3.63) is 11.6 Å². The molecule has 0 radical (unpaired) electrons. The van der Waals surface area contributed by atoms with E-state index >= 15 is 0 Å². The van der Waals surface area contributed by atoms with Gasteiger partial charge in [0.1, 0.15) is 11.4 Å². The monoisotopic (exact) mass is 408 g/mol. The van der Waals surface area contributed by atoms with Crippen molar-refractivity contribution in [3.8, 4) is 0 Å². The van der Waals surface area contributed by atoms with Gasteiger partial charge in [-0.2, -0.15) is 0 Å². The van der Waals surface area contributed by atoms with Crippen LogP contribution < -0.4 is 0 Å². The van der Waals surface area contributed by atoms with Crippen molar-refractivity contribution in [3.63, 3.8) is 0 Å². The van der Waals surface area contributed by atoms with Crippen LogP contribution in [0.1, 0.15) is 65.2 Å². The maximum Gasteiger partial charge on any atom is 0.316 e. The van der Waals surface area contributed by atoms with E-state index in [2.05, 4.69) is 29.8 Å². The van der Waals surface area contributed by atoms with E-state index in [1.165, 1.54) is 24.8 Å². The van der Waals surface area contributed by atoms with E-state index in [0.29, 0.717) is 17.6 Å². The van der Waals surface area contributed by atoms with Crippen LogP contribution in [0.25, 0.3) is 0 Å². The van der Waals surface area contributed by atoms with Gasteiger partial charge in [0.05, 0.1) is 0 Å². The Morgan fingerprint density at radius 1 is 1.16 bits per heavy atom. The number of ketones is 1. The van der Waals surface area contributed by atoms with Crippen LogP contribution in [-0.2, 0) is 14.3 Å². The third kappa shape index (κ3) is 2.65. The SMILES string of the molecule is C[C@]12CCC(=O)C=C1CC[C@@H]1[C@H]2CC[C@]2(C)C(OC(=O)CBr)CC[C@@H]12. The zero-order valence-corrected chi connectivity index (χ0v) is 16.9. The molecule has 0 aromatic carbocycles. The first kappa shape index (κ1) is 17.8. The maximum atomic E-state index is 11.9. The van der Waals surface area contributed by atoms with Crippen LogP contribution in [0.2, 0.25) is 0 Å². The Bertz CT molecular complexity index is 627. The highest BCUT2D eigenvalue weighted by Gasteiger charge is 2.59. The molecule has 138 valence electrons. The molecule has 25 heavy (non-hydrogen) atoms. The van der Waals surface area contributed by atoms with Crippen molar-refractivity contribution in [1.29, 1.82) is 0 Å². The first-order valence-electron chi connectivity index (χ1n) is 9.88. The van der Waals surface area contributed by atoms with Crippen molar-refractivity contribution in [1.82, 2.24) is 0 Å². The van der Waals surface area contributed by atoms with Gasteiger partial charge in [-0.1, -0.05) is 35.4 Å². The maximum absolute atomic E-state index is 11.9. The summed E-state index contributed by atoms with van der Waals surface area (Å²) in [4.78, 5) is 23.7. The lowest BCUT2D eigenvalue weighted by atomic mass is 9.47. The number of esters is 1. The minimum Gasteiger partial charge on any atom is -0.461 e. The molecule has 0 heterocycles. The van der Waals surface area contributed by atoms with Crippen molar-refractivity contribution in [2.45, 2.75) is 71.3 Å². The number of carbonyl (C=O) groups is 2. The molecule has 3 fully saturated rings. The van der Waals surface area contributed by atoms with Crippen LogP contribution in [0, 0.1) is 28.6 Å². The van der Waals surface area contributed by atoms with Crippen molar-refractivity contribution in [2.75, 3.05) is 5.33 Å². The topological polar surface area (TPSA) is 43.4 Å². The Kier molecular flexibility index (Phi) is 4.41. The summed E-state index contributed by atoms with van der Waals surface area (Å²) in [5.74, 6) is 2.29. The first-order chi connectivity index (χ1) is 11.9. The molecular weight excluding hydrogens is 380 g/mol. The van der Waals surface area contributed by atoms with Crippen molar-refractivity contribution < 1.29 is 14.3 Å². The summed E-state index contributed by atoms with van der Waals surface area (Å²) in [5.41, 5.74) is 1.79. The lowest BCUT2D eigenvalue weighted by Crippen LogP contribution is -2.51. The number of halogens is 1. The van der Waals surface area contributed by atoms with Crippen LogP contribution in [-0.4, -0.2) is 23.2 Å². The van der Waals surface area contributed by atoms with E-state index in [1.807, 2.05) is 6.08 Å². The van der Waals surface area contributed by atoms with Crippen LogP contribution >= 0.6 is 15.9 Å². The fourth-order valence-corrected chi connectivity index (χ4v) is 7.03. The summed E-state index contributed by atoms with van der Waals surface area (Å²) in [6.07, 6.45) is 10.7. The number of carbonyl (C=O) groups excluding carboxylic acids is 2. The third-order valence-electron chi connectivity index (χ3n) is 8.26. The second kappa shape index (κ2) is 6.21. The predicted molar refractivity (Wildman–Crippen MR) is 100 cm³/mol. The highest BCUT2D eigenvalue weighted by atomic mass is 79.9. The molecule has 0 N–H and O–H groups in total. The van der Waals surface area contributed by atoms with Gasteiger partial charge < -0.3 is 4.74 Å². The Balaban J connectivity index is 1.59. The molecule has 4 rings (SSSR count). The van der Waals surface area contributed by atoms with Gasteiger partial charge in [0, 0.05) is 11.8 Å². The number of allylic oxidation sites excluding steroid dienone is 1. The highest BCUT2D eigenvalue weighted by molar-refractivity contribution is 9.09. The molecule has 4 aliphatic rings. The van der Waals surface area contributed by atoms with E-state index in [-0.39, 0.29) is 28.2 Å². The van der Waals surface area contributed by atoms with Gasteiger partial charge in [0.2, 0.25) is 0 Å². The number of rotatable bonds is 2. The molecule has 1 unspecified atom stereocenters. The summed E-state index contributed by atoms with van der Waals surface area (Å²) < 4.78 is 5.82. The average molecular weight is 409 g/mol. The molecule has 0 aromatic rings. The second-order valence-electron chi connectivity index (χ2n) is 9.20. The van der Waals surface area contributed by atoms with Crippen LogP contribution in [0.15, 0.2) is 11.6 Å². The molecule has 4 aliphatic carbocycles. The Labute approximate surface area is 159 Å². The van der Waals surface area contributed by atoms with Crippen LogP contribution in [0.3, 0.4) is 0 Å². The molecule has 3 nitrogen and oxygen atoms in total. The predicted octanol–water partition coefficient (Wildman–Crippen LogP) is 4.83. The summed E-state index contributed by atoms with van der Waals surface area (Å²) in [7, 11) is 0. The van der Waals surface area contributed by atoms with Crippen molar-refractivity contribution >= 4 is 27.7 Å². The second-order valence-corrected chi connectivity index (χ2v) is 9.76. The zero-order chi connectivity index (χ0) is 17.8. The summed E-state index contributed by atoms with van der Waals surface area (Å²) >= 11 is 3.22. The minimum atomic E-state index is -0.124. The lowest BCUT2D eigenvalue weighted by molar-refractivity contribution is -0.156. The largest absolute Gasteiger partial charge is 0.461 e. The van der Waals surface area contributed by atoms with Gasteiger partial charge >= 0.3 is 5.97 Å². The molecule has 0 amide bonds. The smallest absolute Gasteiger partial charge is 0.316 e. The number of ether oxygens (including phenoxy) is 1. The zero-order valence-electron chi connectivity index (χ0n) is 15.4. The Morgan fingerprint density at radius 3 is 2.72 bits per heavy atom. The fourth-order valence-electron chi connectivity index (χ4n) is 6.90. The van der Waals surface area contributed by atoms with E-state index < -0.39 is 0 Å². The lowest BCUT2D eigenvalue weighted by Gasteiger charge is -2.57. The molecule has 4 heteroatoms. The van der Waals surface area contributed by atoms with Crippen molar-refractivity contribution in [2.24, 2.45) is 28.6 Å². The fraction of sp³-hybridized carbons (Fsp3) is 0.810. The number of hydrogen-bond acceptors (Lipinski definition) is 3. The molecular formula is C21H29BrO3.